The molecule has 7 heavy (non-hydrogen) atoms. The predicted octanol–water partition coefficient (Wildman–Crippen LogP) is 1.50. The molecule has 0 heterocycles. The monoisotopic (exact) mass is 154 g/mol. The first-order valence-corrected chi connectivity index (χ1v) is 2.89. The molecule has 0 saturated carbocycles. The summed E-state index contributed by atoms with van der Waals surface area (Å²) in [6.45, 7) is 0. The minimum atomic E-state index is 0.734. The summed E-state index contributed by atoms with van der Waals surface area (Å²) in [4.78, 5) is 0. The second-order valence-electron chi connectivity index (χ2n) is 0.453. The van der Waals surface area contributed by atoms with Crippen molar-refractivity contribution in [2.24, 2.45) is 0 Å². The Kier molecular flexibility index (Phi) is 6.24. The molecule has 0 N–H and O–H groups in total. The third kappa shape index (κ3) is 6.13. The first-order chi connectivity index (χ1) is 3.41. The van der Waals surface area contributed by atoms with Crippen LogP contribution in [-0.4, -0.2) is 11.1 Å². The van der Waals surface area contributed by atoms with Gasteiger partial charge in [-0.3, -0.25) is 0 Å². The lowest BCUT2D eigenvalue weighted by atomic mass is 11.7. The zero-order chi connectivity index (χ0) is 5.54. The molecule has 0 aromatic heterocycles. The standard InChI is InChI=1S/C2H2O2S3/c5-1-3-7-4-2-6/h1-2H. The zero-order valence-corrected chi connectivity index (χ0v) is 5.65. The fraction of sp³-hybridized carbons (Fsp3) is 0. The van der Waals surface area contributed by atoms with Gasteiger partial charge in [-0.05, 0) is 24.4 Å². The topological polar surface area (TPSA) is 18.5 Å². The van der Waals surface area contributed by atoms with Crippen molar-refractivity contribution in [2.75, 3.05) is 0 Å². The Balaban J connectivity index is 2.68. The van der Waals surface area contributed by atoms with Crippen LogP contribution < -0.4 is 0 Å². The average Bonchev–Trinajstić information content (AvgIpc) is 1.69. The maximum atomic E-state index is 4.36. The Labute approximate surface area is 56.6 Å². The summed E-state index contributed by atoms with van der Waals surface area (Å²) >= 11 is 9.27. The van der Waals surface area contributed by atoms with Crippen molar-refractivity contribution in [2.45, 2.75) is 0 Å². The molecule has 0 atom stereocenters. The molecular weight excluding hydrogens is 152 g/mol. The molecule has 0 aliphatic rings. The van der Waals surface area contributed by atoms with Gasteiger partial charge in [0.1, 0.15) is 0 Å². The lowest BCUT2D eigenvalue weighted by Crippen LogP contribution is -1.72. The van der Waals surface area contributed by atoms with Crippen molar-refractivity contribution in [1.82, 2.24) is 0 Å². The highest BCUT2D eigenvalue weighted by Crippen LogP contribution is 1.98. The van der Waals surface area contributed by atoms with Crippen LogP contribution in [0.25, 0.3) is 0 Å². The molecule has 0 bridgehead atoms. The van der Waals surface area contributed by atoms with Gasteiger partial charge in [-0.15, -0.1) is 0 Å². The highest BCUT2D eigenvalue weighted by molar-refractivity contribution is 7.92. The summed E-state index contributed by atoms with van der Waals surface area (Å²) < 4.78 is 8.72. The molecular formula is C2H2O2S3. The van der Waals surface area contributed by atoms with E-state index in [1.54, 1.807) is 0 Å². The zero-order valence-electron chi connectivity index (χ0n) is 3.20. The van der Waals surface area contributed by atoms with Crippen LogP contribution in [0.2, 0.25) is 0 Å². The summed E-state index contributed by atoms with van der Waals surface area (Å²) in [5, 5.41) is 0. The van der Waals surface area contributed by atoms with Gasteiger partial charge >= 0.3 is 0 Å². The van der Waals surface area contributed by atoms with E-state index in [9.17, 15) is 0 Å². The van der Waals surface area contributed by atoms with Crippen molar-refractivity contribution in [1.29, 1.82) is 0 Å². The van der Waals surface area contributed by atoms with E-state index in [4.69, 9.17) is 0 Å². The van der Waals surface area contributed by atoms with Crippen molar-refractivity contribution < 1.29 is 8.37 Å². The van der Waals surface area contributed by atoms with Gasteiger partial charge in [-0.2, -0.15) is 0 Å². The van der Waals surface area contributed by atoms with Gasteiger partial charge < -0.3 is 8.37 Å². The van der Waals surface area contributed by atoms with Crippen LogP contribution in [0.1, 0.15) is 0 Å². The van der Waals surface area contributed by atoms with Gasteiger partial charge in [-0.25, -0.2) is 0 Å². The third-order valence-electron chi connectivity index (χ3n) is 0.157. The highest BCUT2D eigenvalue weighted by atomic mass is 32.2. The van der Waals surface area contributed by atoms with E-state index in [2.05, 4.69) is 32.8 Å². The Morgan fingerprint density at radius 3 is 1.86 bits per heavy atom. The molecule has 0 rings (SSSR count). The van der Waals surface area contributed by atoms with Gasteiger partial charge in [0.15, 0.2) is 11.1 Å². The van der Waals surface area contributed by atoms with Gasteiger partial charge in [0.05, 0.1) is 0 Å². The summed E-state index contributed by atoms with van der Waals surface area (Å²) in [6, 6.07) is 0. The molecule has 2 nitrogen and oxygen atoms in total. The van der Waals surface area contributed by atoms with E-state index in [0.717, 1.165) is 23.4 Å². The van der Waals surface area contributed by atoms with E-state index < -0.39 is 0 Å². The van der Waals surface area contributed by atoms with E-state index in [1.807, 2.05) is 0 Å². The van der Waals surface area contributed by atoms with Crippen LogP contribution in [0.5, 0.6) is 0 Å². The van der Waals surface area contributed by atoms with Crippen molar-refractivity contribution in [3.05, 3.63) is 0 Å². The number of thiocarbonyl (C=S) groups is 2. The largest absolute Gasteiger partial charge is 0.387 e. The van der Waals surface area contributed by atoms with E-state index >= 15 is 0 Å². The fourth-order valence-corrected chi connectivity index (χ4v) is 0.357. The molecule has 0 fully saturated rings. The van der Waals surface area contributed by atoms with Crippen molar-refractivity contribution in [3.63, 3.8) is 0 Å². The van der Waals surface area contributed by atoms with E-state index in [0.29, 0.717) is 0 Å². The molecule has 0 unspecified atom stereocenters. The maximum Gasteiger partial charge on any atom is 0.293 e. The van der Waals surface area contributed by atoms with Gasteiger partial charge in [-0.1, -0.05) is 0 Å². The smallest absolute Gasteiger partial charge is 0.293 e. The minimum Gasteiger partial charge on any atom is -0.387 e. The fourth-order valence-electron chi connectivity index (χ4n) is 0.0548. The summed E-state index contributed by atoms with van der Waals surface area (Å²) in [5.41, 5.74) is 2.17. The Hall–Kier alpha value is 0.130. The van der Waals surface area contributed by atoms with E-state index in [1.165, 1.54) is 0 Å². The van der Waals surface area contributed by atoms with Crippen LogP contribution in [-0.2, 0) is 8.37 Å². The Morgan fingerprint density at radius 2 is 1.57 bits per heavy atom. The Morgan fingerprint density at radius 1 is 1.14 bits per heavy atom. The molecule has 0 spiro atoms. The first-order valence-electron chi connectivity index (χ1n) is 1.28. The van der Waals surface area contributed by atoms with E-state index in [-0.39, 0.29) is 0 Å². The lowest BCUT2D eigenvalue weighted by Gasteiger charge is -1.87. The molecule has 0 aromatic rings. The molecule has 0 saturated heterocycles. The molecule has 40 valence electrons. The second-order valence-corrected chi connectivity index (χ2v) is 1.36. The van der Waals surface area contributed by atoms with Crippen LogP contribution >= 0.6 is 36.8 Å². The van der Waals surface area contributed by atoms with Crippen molar-refractivity contribution in [3.8, 4) is 0 Å². The van der Waals surface area contributed by atoms with Crippen LogP contribution in [0.3, 0.4) is 0 Å². The normalized spacial score (nSPS) is 6.86. The summed E-state index contributed by atoms with van der Waals surface area (Å²) in [5.74, 6) is 0. The van der Waals surface area contributed by atoms with Gasteiger partial charge in [0.2, 0.25) is 0 Å². The number of hydrogen-bond acceptors (Lipinski definition) is 5. The molecule has 5 heteroatoms. The minimum absolute atomic E-state index is 0.734. The first kappa shape index (κ1) is 7.13. The molecule has 0 radical (unpaired) electrons. The van der Waals surface area contributed by atoms with Gasteiger partial charge in [0, 0.05) is 0 Å². The molecule has 0 aliphatic heterocycles. The number of rotatable bonds is 4. The van der Waals surface area contributed by atoms with Crippen LogP contribution in [0.4, 0.5) is 0 Å². The molecule has 0 aromatic carbocycles. The average molecular weight is 154 g/mol. The molecule has 0 amide bonds. The van der Waals surface area contributed by atoms with Gasteiger partial charge in [0.25, 0.3) is 12.3 Å². The Bertz CT molecular complexity index is 56.0. The predicted molar refractivity (Wildman–Crippen MR) is 37.1 cm³/mol. The maximum absolute atomic E-state index is 4.36. The number of hydrogen-bond donors (Lipinski definition) is 0. The quantitative estimate of drug-likeness (QED) is 0.346. The lowest BCUT2D eigenvalue weighted by molar-refractivity contribution is 0.572. The third-order valence-corrected chi connectivity index (χ3v) is 0.943. The molecule has 0 aliphatic carbocycles. The SMILES string of the molecule is S=COSOC=S. The van der Waals surface area contributed by atoms with Crippen LogP contribution in [0, 0.1) is 0 Å². The van der Waals surface area contributed by atoms with Crippen LogP contribution in [0.15, 0.2) is 0 Å². The highest BCUT2D eigenvalue weighted by Gasteiger charge is 1.75. The summed E-state index contributed by atoms with van der Waals surface area (Å²) in [6.07, 6.45) is 0. The summed E-state index contributed by atoms with van der Waals surface area (Å²) in [7, 11) is 0. The van der Waals surface area contributed by atoms with Crippen molar-refractivity contribution >= 4 is 47.9 Å². The second kappa shape index (κ2) is 6.13.